The first-order valence-corrected chi connectivity index (χ1v) is 6.16. The van der Waals surface area contributed by atoms with E-state index in [1.165, 1.54) is 4.88 Å². The van der Waals surface area contributed by atoms with Gasteiger partial charge in [0.2, 0.25) is 0 Å². The number of rotatable bonds is 6. The summed E-state index contributed by atoms with van der Waals surface area (Å²) in [5, 5.41) is 5.57. The van der Waals surface area contributed by atoms with Crippen LogP contribution in [0, 0.1) is 0 Å². The number of nitrogens with one attached hydrogen (secondary N) is 1. The molecule has 0 aromatic carbocycles. The summed E-state index contributed by atoms with van der Waals surface area (Å²) in [5.41, 5.74) is 5.58. The molecule has 4 heteroatoms. The van der Waals surface area contributed by atoms with Crippen LogP contribution in [0.1, 0.15) is 17.8 Å². The Morgan fingerprint density at radius 3 is 2.73 bits per heavy atom. The molecule has 0 aliphatic rings. The molecule has 15 heavy (non-hydrogen) atoms. The Balaban J connectivity index is 2.53. The fourth-order valence-corrected chi connectivity index (χ4v) is 2.34. The SMILES string of the molecule is CC(CN)NCC(c1cccs1)N(C)C. The molecule has 0 aliphatic heterocycles. The van der Waals surface area contributed by atoms with Crippen LogP contribution in [-0.2, 0) is 0 Å². The van der Waals surface area contributed by atoms with E-state index in [2.05, 4.69) is 48.7 Å². The predicted octanol–water partition coefficient (Wildman–Crippen LogP) is 1.29. The molecular weight excluding hydrogens is 206 g/mol. The molecule has 0 saturated heterocycles. The number of thiophene rings is 1. The third-order valence-electron chi connectivity index (χ3n) is 2.51. The fraction of sp³-hybridized carbons (Fsp3) is 0.636. The van der Waals surface area contributed by atoms with Crippen molar-refractivity contribution in [2.45, 2.75) is 19.0 Å². The Kier molecular flexibility index (Phi) is 5.25. The van der Waals surface area contributed by atoms with Crippen molar-refractivity contribution in [1.29, 1.82) is 0 Å². The lowest BCUT2D eigenvalue weighted by Gasteiger charge is -2.25. The van der Waals surface area contributed by atoms with Crippen LogP contribution in [0.15, 0.2) is 17.5 Å². The topological polar surface area (TPSA) is 41.3 Å². The quantitative estimate of drug-likeness (QED) is 0.769. The van der Waals surface area contributed by atoms with Gasteiger partial charge in [0.1, 0.15) is 0 Å². The zero-order chi connectivity index (χ0) is 11.3. The van der Waals surface area contributed by atoms with E-state index in [1.54, 1.807) is 11.3 Å². The monoisotopic (exact) mass is 227 g/mol. The zero-order valence-electron chi connectivity index (χ0n) is 9.73. The van der Waals surface area contributed by atoms with Crippen molar-refractivity contribution in [3.63, 3.8) is 0 Å². The first kappa shape index (κ1) is 12.6. The minimum Gasteiger partial charge on any atom is -0.329 e. The molecule has 86 valence electrons. The smallest absolute Gasteiger partial charge is 0.0561 e. The molecule has 0 amide bonds. The van der Waals surface area contributed by atoms with E-state index in [0.29, 0.717) is 18.6 Å². The van der Waals surface area contributed by atoms with Crippen LogP contribution in [0.5, 0.6) is 0 Å². The Morgan fingerprint density at radius 2 is 2.27 bits per heavy atom. The molecule has 1 rings (SSSR count). The van der Waals surface area contributed by atoms with Crippen molar-refractivity contribution in [2.75, 3.05) is 27.2 Å². The van der Waals surface area contributed by atoms with Gasteiger partial charge in [-0.25, -0.2) is 0 Å². The summed E-state index contributed by atoms with van der Waals surface area (Å²) in [5.74, 6) is 0. The lowest BCUT2D eigenvalue weighted by molar-refractivity contribution is 0.286. The summed E-state index contributed by atoms with van der Waals surface area (Å²) < 4.78 is 0. The number of nitrogens with two attached hydrogens (primary N) is 1. The molecule has 1 heterocycles. The molecule has 1 aromatic heterocycles. The highest BCUT2D eigenvalue weighted by molar-refractivity contribution is 7.10. The molecule has 0 fully saturated rings. The third kappa shape index (κ3) is 3.91. The average Bonchev–Trinajstić information content (AvgIpc) is 2.70. The predicted molar refractivity (Wildman–Crippen MR) is 67.3 cm³/mol. The van der Waals surface area contributed by atoms with Crippen LogP contribution < -0.4 is 11.1 Å². The van der Waals surface area contributed by atoms with Crippen LogP contribution >= 0.6 is 11.3 Å². The van der Waals surface area contributed by atoms with Gasteiger partial charge < -0.3 is 16.0 Å². The van der Waals surface area contributed by atoms with Crippen molar-refractivity contribution < 1.29 is 0 Å². The Bertz CT molecular complexity index is 259. The van der Waals surface area contributed by atoms with Gasteiger partial charge in [-0.3, -0.25) is 0 Å². The summed E-state index contributed by atoms with van der Waals surface area (Å²) in [6.45, 7) is 3.75. The average molecular weight is 227 g/mol. The van der Waals surface area contributed by atoms with Gasteiger partial charge in [-0.15, -0.1) is 11.3 Å². The Morgan fingerprint density at radius 1 is 1.53 bits per heavy atom. The number of hydrogen-bond donors (Lipinski definition) is 2. The summed E-state index contributed by atoms with van der Waals surface area (Å²) >= 11 is 1.81. The van der Waals surface area contributed by atoms with Gasteiger partial charge in [0.15, 0.2) is 0 Å². The van der Waals surface area contributed by atoms with Gasteiger partial charge in [0.05, 0.1) is 6.04 Å². The number of nitrogens with zero attached hydrogens (tertiary/aromatic N) is 1. The Labute approximate surface area is 96.3 Å². The molecule has 0 radical (unpaired) electrons. The highest BCUT2D eigenvalue weighted by atomic mass is 32.1. The van der Waals surface area contributed by atoms with Gasteiger partial charge in [-0.1, -0.05) is 6.07 Å². The van der Waals surface area contributed by atoms with Crippen molar-refractivity contribution in [2.24, 2.45) is 5.73 Å². The maximum absolute atomic E-state index is 5.58. The van der Waals surface area contributed by atoms with Crippen LogP contribution in [0.2, 0.25) is 0 Å². The van der Waals surface area contributed by atoms with Crippen LogP contribution in [0.3, 0.4) is 0 Å². The van der Waals surface area contributed by atoms with Crippen molar-refractivity contribution in [3.8, 4) is 0 Å². The molecule has 3 nitrogen and oxygen atoms in total. The number of hydrogen-bond acceptors (Lipinski definition) is 4. The Hall–Kier alpha value is -0.420. The summed E-state index contributed by atoms with van der Waals surface area (Å²) in [6, 6.07) is 5.11. The van der Waals surface area contributed by atoms with E-state index in [1.807, 2.05) is 0 Å². The van der Waals surface area contributed by atoms with E-state index in [0.717, 1.165) is 6.54 Å². The van der Waals surface area contributed by atoms with E-state index in [4.69, 9.17) is 5.73 Å². The minimum atomic E-state index is 0.382. The van der Waals surface area contributed by atoms with E-state index in [9.17, 15) is 0 Å². The van der Waals surface area contributed by atoms with Gasteiger partial charge in [-0.05, 0) is 32.5 Å². The lowest BCUT2D eigenvalue weighted by atomic mass is 10.2. The molecule has 2 unspecified atom stereocenters. The first-order valence-electron chi connectivity index (χ1n) is 5.28. The normalized spacial score (nSPS) is 15.5. The van der Waals surface area contributed by atoms with Crippen LogP contribution in [-0.4, -0.2) is 38.1 Å². The van der Waals surface area contributed by atoms with Gasteiger partial charge in [-0.2, -0.15) is 0 Å². The summed E-state index contributed by atoms with van der Waals surface area (Å²) in [6.07, 6.45) is 0. The summed E-state index contributed by atoms with van der Waals surface area (Å²) in [7, 11) is 4.22. The molecule has 0 bridgehead atoms. The van der Waals surface area contributed by atoms with E-state index in [-0.39, 0.29) is 0 Å². The van der Waals surface area contributed by atoms with Gasteiger partial charge >= 0.3 is 0 Å². The maximum atomic E-state index is 5.58. The maximum Gasteiger partial charge on any atom is 0.0561 e. The molecule has 2 atom stereocenters. The van der Waals surface area contributed by atoms with Crippen molar-refractivity contribution in [1.82, 2.24) is 10.2 Å². The van der Waals surface area contributed by atoms with Crippen LogP contribution in [0.25, 0.3) is 0 Å². The van der Waals surface area contributed by atoms with Gasteiger partial charge in [0.25, 0.3) is 0 Å². The van der Waals surface area contributed by atoms with E-state index >= 15 is 0 Å². The third-order valence-corrected chi connectivity index (χ3v) is 3.48. The van der Waals surface area contributed by atoms with Gasteiger partial charge in [0, 0.05) is 24.0 Å². The highest BCUT2D eigenvalue weighted by Crippen LogP contribution is 2.22. The second kappa shape index (κ2) is 6.23. The lowest BCUT2D eigenvalue weighted by Crippen LogP contribution is -2.39. The molecular formula is C11H21N3S. The first-order chi connectivity index (χ1) is 7.15. The largest absolute Gasteiger partial charge is 0.329 e. The molecule has 1 aromatic rings. The molecule has 0 aliphatic carbocycles. The molecule has 0 saturated carbocycles. The molecule has 3 N–H and O–H groups in total. The minimum absolute atomic E-state index is 0.382. The second-order valence-electron chi connectivity index (χ2n) is 4.04. The summed E-state index contributed by atoms with van der Waals surface area (Å²) in [4.78, 5) is 3.64. The second-order valence-corrected chi connectivity index (χ2v) is 5.02. The van der Waals surface area contributed by atoms with Crippen LogP contribution in [0.4, 0.5) is 0 Å². The zero-order valence-corrected chi connectivity index (χ0v) is 10.6. The highest BCUT2D eigenvalue weighted by Gasteiger charge is 2.15. The number of likely N-dealkylation sites (N-methyl/N-ethyl adjacent to an activating group) is 1. The molecule has 0 spiro atoms. The standard InChI is InChI=1S/C11H21N3S/c1-9(7-12)13-8-10(14(2)3)11-5-4-6-15-11/h4-6,9-10,13H,7-8,12H2,1-3H3. The van der Waals surface area contributed by atoms with E-state index < -0.39 is 0 Å². The van der Waals surface area contributed by atoms with Crippen molar-refractivity contribution >= 4 is 11.3 Å². The fourth-order valence-electron chi connectivity index (χ4n) is 1.41. The van der Waals surface area contributed by atoms with Crippen molar-refractivity contribution in [3.05, 3.63) is 22.4 Å².